The van der Waals surface area contributed by atoms with Crippen LogP contribution in [-0.4, -0.2) is 23.9 Å². The molecule has 1 unspecified atom stereocenters. The van der Waals surface area contributed by atoms with Gasteiger partial charge < -0.3 is 4.90 Å². The molecule has 2 rings (SSSR count). The van der Waals surface area contributed by atoms with Crippen molar-refractivity contribution in [3.05, 3.63) is 21.4 Å². The normalized spacial score (nSPS) is 17.2. The van der Waals surface area contributed by atoms with Crippen molar-refractivity contribution >= 4 is 17.2 Å². The molecule has 1 atom stereocenters. The summed E-state index contributed by atoms with van der Waals surface area (Å²) in [5, 5.41) is 17.6. The fraction of sp³-hybridized carbons (Fsp3) is 0.588. The van der Waals surface area contributed by atoms with Crippen LogP contribution in [0.3, 0.4) is 0 Å². The molecule has 4 nitrogen and oxygen atoms in total. The number of fused-ring (bicyclic) bond motifs is 1. The van der Waals surface area contributed by atoms with Crippen molar-refractivity contribution in [1.29, 1.82) is 10.5 Å². The molecule has 1 aromatic heterocycles. The summed E-state index contributed by atoms with van der Waals surface area (Å²) in [5.74, 6) is 0.432. The van der Waals surface area contributed by atoms with E-state index in [1.165, 1.54) is 26.7 Å². The van der Waals surface area contributed by atoms with Gasteiger partial charge in [0.1, 0.15) is 13.1 Å². The second-order valence-electron chi connectivity index (χ2n) is 6.84. The van der Waals surface area contributed by atoms with Gasteiger partial charge in [0.25, 0.3) is 5.91 Å². The average Bonchev–Trinajstić information content (AvgIpc) is 2.88. The van der Waals surface area contributed by atoms with E-state index < -0.39 is 0 Å². The zero-order chi connectivity index (χ0) is 16.3. The fourth-order valence-electron chi connectivity index (χ4n) is 2.89. The van der Waals surface area contributed by atoms with Gasteiger partial charge in [0.15, 0.2) is 0 Å². The van der Waals surface area contributed by atoms with Gasteiger partial charge in [0.2, 0.25) is 0 Å². The predicted molar refractivity (Wildman–Crippen MR) is 86.4 cm³/mol. The van der Waals surface area contributed by atoms with E-state index in [9.17, 15) is 4.79 Å². The van der Waals surface area contributed by atoms with E-state index in [0.717, 1.165) is 19.3 Å². The van der Waals surface area contributed by atoms with Gasteiger partial charge in [0.05, 0.1) is 17.0 Å². The fourth-order valence-corrected chi connectivity index (χ4v) is 4.07. The van der Waals surface area contributed by atoms with Gasteiger partial charge in [-0.15, -0.1) is 11.3 Å². The highest BCUT2D eigenvalue weighted by Crippen LogP contribution is 2.40. The number of aryl methyl sites for hydroxylation is 1. The lowest BCUT2D eigenvalue weighted by atomic mass is 9.72. The maximum absolute atomic E-state index is 12.5. The second kappa shape index (κ2) is 6.50. The minimum atomic E-state index is -0.199. The molecule has 0 saturated carbocycles. The molecule has 5 heteroatoms. The lowest BCUT2D eigenvalue weighted by Gasteiger charge is -2.33. The SMILES string of the molecule is CC(C)(C)C1CCc2sc(C(=O)N(CC#N)CC#N)cc2C1. The van der Waals surface area contributed by atoms with Crippen molar-refractivity contribution in [3.8, 4) is 12.1 Å². The Morgan fingerprint density at radius 3 is 2.55 bits per heavy atom. The summed E-state index contributed by atoms with van der Waals surface area (Å²) in [4.78, 5) is 15.7. The van der Waals surface area contributed by atoms with Gasteiger partial charge in [-0.05, 0) is 42.2 Å². The van der Waals surface area contributed by atoms with E-state index in [2.05, 4.69) is 20.8 Å². The van der Waals surface area contributed by atoms with Crippen molar-refractivity contribution in [1.82, 2.24) is 4.90 Å². The molecule has 0 radical (unpaired) electrons. The molecular weight excluding hydrogens is 294 g/mol. The molecular formula is C17H21N3OS. The molecule has 116 valence electrons. The first kappa shape index (κ1) is 16.5. The average molecular weight is 315 g/mol. The Morgan fingerprint density at radius 2 is 2.00 bits per heavy atom. The quantitative estimate of drug-likeness (QED) is 0.803. The van der Waals surface area contributed by atoms with E-state index in [-0.39, 0.29) is 24.4 Å². The van der Waals surface area contributed by atoms with Crippen LogP contribution in [0.15, 0.2) is 6.07 Å². The van der Waals surface area contributed by atoms with Crippen molar-refractivity contribution in [2.45, 2.75) is 40.0 Å². The van der Waals surface area contributed by atoms with Gasteiger partial charge in [-0.25, -0.2) is 0 Å². The topological polar surface area (TPSA) is 67.9 Å². The summed E-state index contributed by atoms with van der Waals surface area (Å²) in [6.45, 7) is 6.72. The lowest BCUT2D eigenvalue weighted by molar-refractivity contribution is 0.0799. The minimum absolute atomic E-state index is 0.0421. The summed E-state index contributed by atoms with van der Waals surface area (Å²) in [7, 11) is 0. The molecule has 1 heterocycles. The van der Waals surface area contributed by atoms with E-state index in [1.54, 1.807) is 0 Å². The van der Waals surface area contributed by atoms with Gasteiger partial charge in [-0.2, -0.15) is 10.5 Å². The number of carbonyl (C=O) groups excluding carboxylic acids is 1. The van der Waals surface area contributed by atoms with Crippen molar-refractivity contribution in [2.24, 2.45) is 11.3 Å². The Morgan fingerprint density at radius 1 is 1.36 bits per heavy atom. The molecule has 0 bridgehead atoms. The molecule has 0 fully saturated rings. The molecule has 0 aromatic carbocycles. The second-order valence-corrected chi connectivity index (χ2v) is 7.98. The van der Waals surface area contributed by atoms with Crippen LogP contribution in [-0.2, 0) is 12.8 Å². The van der Waals surface area contributed by atoms with Gasteiger partial charge in [-0.3, -0.25) is 4.79 Å². The number of thiophene rings is 1. The monoisotopic (exact) mass is 315 g/mol. The highest BCUT2D eigenvalue weighted by molar-refractivity contribution is 7.14. The molecule has 0 spiro atoms. The van der Waals surface area contributed by atoms with E-state index >= 15 is 0 Å². The Kier molecular flexibility index (Phi) is 4.88. The summed E-state index contributed by atoms with van der Waals surface area (Å²) in [6.07, 6.45) is 3.19. The maximum atomic E-state index is 12.5. The third kappa shape index (κ3) is 3.48. The minimum Gasteiger partial charge on any atom is -0.311 e. The van der Waals surface area contributed by atoms with E-state index in [4.69, 9.17) is 10.5 Å². The van der Waals surface area contributed by atoms with Crippen molar-refractivity contribution < 1.29 is 4.79 Å². The molecule has 1 aliphatic rings. The highest BCUT2D eigenvalue weighted by atomic mass is 32.1. The number of hydrogen-bond donors (Lipinski definition) is 0. The van der Waals surface area contributed by atoms with Crippen molar-refractivity contribution in [2.75, 3.05) is 13.1 Å². The number of rotatable bonds is 3. The molecule has 1 amide bonds. The first-order valence-electron chi connectivity index (χ1n) is 7.51. The molecule has 1 aliphatic carbocycles. The Balaban J connectivity index is 2.20. The number of nitrogens with zero attached hydrogens (tertiary/aromatic N) is 3. The highest BCUT2D eigenvalue weighted by Gasteiger charge is 2.31. The number of hydrogen-bond acceptors (Lipinski definition) is 4. The summed E-state index contributed by atoms with van der Waals surface area (Å²) in [6, 6.07) is 5.88. The molecule has 0 saturated heterocycles. The Hall–Kier alpha value is -1.85. The van der Waals surface area contributed by atoms with E-state index in [1.807, 2.05) is 18.2 Å². The molecule has 1 aromatic rings. The lowest BCUT2D eigenvalue weighted by Crippen LogP contribution is -2.31. The van der Waals surface area contributed by atoms with Crippen LogP contribution < -0.4 is 0 Å². The standard InChI is InChI=1S/C17H21N3OS/c1-17(2,3)13-4-5-14-12(10-13)11-15(22-14)16(21)20(8-6-18)9-7-19/h11,13H,4-5,8-10H2,1-3H3. The zero-order valence-corrected chi connectivity index (χ0v) is 14.2. The zero-order valence-electron chi connectivity index (χ0n) is 13.3. The molecule has 0 aliphatic heterocycles. The van der Waals surface area contributed by atoms with E-state index in [0.29, 0.717) is 10.8 Å². The third-order valence-electron chi connectivity index (χ3n) is 4.33. The molecule has 0 N–H and O–H groups in total. The van der Waals surface area contributed by atoms with Crippen molar-refractivity contribution in [3.63, 3.8) is 0 Å². The van der Waals surface area contributed by atoms with Crippen LogP contribution in [0.2, 0.25) is 0 Å². The predicted octanol–water partition coefficient (Wildman–Crippen LogP) is 3.39. The van der Waals surface area contributed by atoms with Crippen LogP contribution in [0.1, 0.15) is 47.3 Å². The van der Waals surface area contributed by atoms with Crippen LogP contribution in [0.5, 0.6) is 0 Å². The van der Waals surface area contributed by atoms with Crippen LogP contribution in [0, 0.1) is 34.0 Å². The summed E-state index contributed by atoms with van der Waals surface area (Å²) >= 11 is 1.53. The van der Waals surface area contributed by atoms with Gasteiger partial charge >= 0.3 is 0 Å². The van der Waals surface area contributed by atoms with Crippen LogP contribution in [0.4, 0.5) is 0 Å². The van der Waals surface area contributed by atoms with Gasteiger partial charge in [-0.1, -0.05) is 20.8 Å². The maximum Gasteiger partial charge on any atom is 0.265 e. The summed E-state index contributed by atoms with van der Waals surface area (Å²) in [5.41, 5.74) is 1.55. The first-order chi connectivity index (χ1) is 10.4. The number of nitriles is 2. The number of amides is 1. The van der Waals surface area contributed by atoms with Crippen LogP contribution >= 0.6 is 11.3 Å². The van der Waals surface area contributed by atoms with Gasteiger partial charge in [0, 0.05) is 4.88 Å². The summed E-state index contributed by atoms with van der Waals surface area (Å²) < 4.78 is 0. The Bertz CT molecular complexity index is 626. The smallest absolute Gasteiger partial charge is 0.265 e. The Labute approximate surface area is 136 Å². The first-order valence-corrected chi connectivity index (χ1v) is 8.33. The molecule has 22 heavy (non-hydrogen) atoms. The number of carbonyl (C=O) groups is 1. The largest absolute Gasteiger partial charge is 0.311 e. The third-order valence-corrected chi connectivity index (χ3v) is 5.55. The van der Waals surface area contributed by atoms with Crippen LogP contribution in [0.25, 0.3) is 0 Å².